The number of para-hydroxylation sites is 2. The highest BCUT2D eigenvalue weighted by molar-refractivity contribution is 5.87. The van der Waals surface area contributed by atoms with E-state index in [9.17, 15) is 0 Å². The van der Waals surface area contributed by atoms with Gasteiger partial charge in [0.05, 0.1) is 35.3 Å². The molecule has 0 aliphatic carbocycles. The molecule has 1 aliphatic rings. The number of ether oxygens (including phenoxy) is 1. The summed E-state index contributed by atoms with van der Waals surface area (Å²) in [5.41, 5.74) is 4.46. The normalized spacial score (nSPS) is 13.8. The van der Waals surface area contributed by atoms with E-state index in [0.29, 0.717) is 6.61 Å². The summed E-state index contributed by atoms with van der Waals surface area (Å²) in [6.07, 6.45) is 0. The molecule has 28 heavy (non-hydrogen) atoms. The fourth-order valence-corrected chi connectivity index (χ4v) is 4.20. The number of pyridine rings is 2. The summed E-state index contributed by atoms with van der Waals surface area (Å²) in [6.45, 7) is 2.29. The van der Waals surface area contributed by atoms with Crippen molar-refractivity contribution >= 4 is 33.1 Å². The summed E-state index contributed by atoms with van der Waals surface area (Å²) in [5.74, 6) is 2.07. The van der Waals surface area contributed by atoms with Crippen molar-refractivity contribution in [1.29, 1.82) is 0 Å². The van der Waals surface area contributed by atoms with Crippen LogP contribution in [0.2, 0.25) is 0 Å². The molecule has 0 fully saturated rings. The van der Waals surface area contributed by atoms with E-state index < -0.39 is 0 Å². The SMILES string of the molecule is c1ccc2nc(CN3CCOc4cc5ccc6ccccc6n5c43)ccc2c1. The molecular weight excluding hydrogens is 346 g/mol. The Kier molecular flexibility index (Phi) is 3.32. The first-order valence-electron chi connectivity index (χ1n) is 9.62. The van der Waals surface area contributed by atoms with Crippen LogP contribution in [0, 0.1) is 0 Å². The lowest BCUT2D eigenvalue weighted by atomic mass is 10.2. The minimum Gasteiger partial charge on any atom is -0.488 e. The Morgan fingerprint density at radius 3 is 2.64 bits per heavy atom. The Bertz CT molecular complexity index is 1340. The number of anilines is 1. The lowest BCUT2D eigenvalue weighted by Crippen LogP contribution is -2.33. The molecule has 4 heteroatoms. The lowest BCUT2D eigenvalue weighted by molar-refractivity contribution is 0.306. The lowest BCUT2D eigenvalue weighted by Gasteiger charge is -2.29. The van der Waals surface area contributed by atoms with Gasteiger partial charge in [0.2, 0.25) is 0 Å². The first-order chi connectivity index (χ1) is 13.9. The van der Waals surface area contributed by atoms with E-state index in [-0.39, 0.29) is 0 Å². The van der Waals surface area contributed by atoms with Gasteiger partial charge in [-0.3, -0.25) is 9.38 Å². The Labute approximate surface area is 162 Å². The molecule has 0 radical (unpaired) electrons. The molecular formula is C24H19N3O. The molecule has 0 saturated carbocycles. The predicted molar refractivity (Wildman–Crippen MR) is 113 cm³/mol. The van der Waals surface area contributed by atoms with Crippen molar-refractivity contribution in [2.75, 3.05) is 18.1 Å². The molecule has 0 saturated heterocycles. The fourth-order valence-electron chi connectivity index (χ4n) is 4.20. The first kappa shape index (κ1) is 15.5. The molecule has 0 amide bonds. The van der Waals surface area contributed by atoms with Gasteiger partial charge in [0.15, 0.2) is 11.6 Å². The van der Waals surface area contributed by atoms with Crippen LogP contribution in [0.5, 0.6) is 5.75 Å². The highest BCUT2D eigenvalue weighted by atomic mass is 16.5. The van der Waals surface area contributed by atoms with Crippen molar-refractivity contribution in [3.05, 3.63) is 84.6 Å². The quantitative estimate of drug-likeness (QED) is 0.439. The van der Waals surface area contributed by atoms with Crippen molar-refractivity contribution in [2.24, 2.45) is 0 Å². The van der Waals surface area contributed by atoms with E-state index in [2.05, 4.69) is 82.1 Å². The summed E-state index contributed by atoms with van der Waals surface area (Å²) in [4.78, 5) is 7.26. The molecule has 4 nitrogen and oxygen atoms in total. The fraction of sp³-hybridized carbons (Fsp3) is 0.125. The van der Waals surface area contributed by atoms with E-state index in [1.165, 1.54) is 16.3 Å². The van der Waals surface area contributed by atoms with Gasteiger partial charge in [-0.05, 0) is 29.7 Å². The molecule has 1 aliphatic heterocycles. The maximum absolute atomic E-state index is 6.01. The smallest absolute Gasteiger partial charge is 0.162 e. The number of benzene rings is 2. The van der Waals surface area contributed by atoms with Gasteiger partial charge >= 0.3 is 0 Å². The number of aromatic nitrogens is 2. The second kappa shape index (κ2) is 5.99. The average Bonchev–Trinajstić information content (AvgIpc) is 3.14. The molecule has 6 rings (SSSR count). The standard InChI is InChI=1S/C24H19N3O/c1-3-7-21-17(5-1)9-11-19(25-21)16-26-13-14-28-23-15-20-12-10-18-6-2-4-8-22(18)27(20)24(23)26/h1-12,15H,13-14,16H2. The van der Waals surface area contributed by atoms with Crippen LogP contribution in [0.15, 0.2) is 78.9 Å². The van der Waals surface area contributed by atoms with Crippen molar-refractivity contribution in [3.63, 3.8) is 0 Å². The topological polar surface area (TPSA) is 29.8 Å². The summed E-state index contributed by atoms with van der Waals surface area (Å²) in [6, 6.07) is 27.5. The van der Waals surface area contributed by atoms with Gasteiger partial charge in [-0.15, -0.1) is 0 Å². The largest absolute Gasteiger partial charge is 0.488 e. The van der Waals surface area contributed by atoms with Crippen LogP contribution in [-0.4, -0.2) is 22.5 Å². The molecule has 2 aromatic carbocycles. The maximum Gasteiger partial charge on any atom is 0.162 e. The van der Waals surface area contributed by atoms with Crippen LogP contribution in [0.25, 0.3) is 27.3 Å². The van der Waals surface area contributed by atoms with Gasteiger partial charge in [0, 0.05) is 11.5 Å². The van der Waals surface area contributed by atoms with E-state index in [4.69, 9.17) is 9.72 Å². The highest BCUT2D eigenvalue weighted by Gasteiger charge is 2.24. The molecule has 4 heterocycles. The third kappa shape index (κ3) is 2.34. The Morgan fingerprint density at radius 1 is 0.857 bits per heavy atom. The maximum atomic E-state index is 6.01. The number of hydrogen-bond acceptors (Lipinski definition) is 3. The monoisotopic (exact) mass is 365 g/mol. The van der Waals surface area contributed by atoms with Gasteiger partial charge < -0.3 is 9.64 Å². The van der Waals surface area contributed by atoms with E-state index in [1.807, 2.05) is 6.07 Å². The van der Waals surface area contributed by atoms with Crippen molar-refractivity contribution < 1.29 is 4.74 Å². The van der Waals surface area contributed by atoms with Gasteiger partial charge in [0.25, 0.3) is 0 Å². The minimum atomic E-state index is 0.690. The molecule has 0 bridgehead atoms. The number of nitrogens with zero attached hydrogens (tertiary/aromatic N) is 3. The zero-order valence-corrected chi connectivity index (χ0v) is 15.4. The van der Waals surface area contributed by atoms with Crippen molar-refractivity contribution in [3.8, 4) is 5.75 Å². The molecule has 0 atom stereocenters. The second-order valence-corrected chi connectivity index (χ2v) is 7.25. The Balaban J connectivity index is 1.50. The summed E-state index contributed by atoms with van der Waals surface area (Å²) in [7, 11) is 0. The van der Waals surface area contributed by atoms with Crippen LogP contribution in [0.4, 0.5) is 5.82 Å². The summed E-state index contributed by atoms with van der Waals surface area (Å²) >= 11 is 0. The zero-order valence-electron chi connectivity index (χ0n) is 15.4. The molecule has 5 aromatic rings. The molecule has 3 aromatic heterocycles. The van der Waals surface area contributed by atoms with Gasteiger partial charge in [-0.2, -0.15) is 0 Å². The van der Waals surface area contributed by atoms with E-state index in [0.717, 1.165) is 41.4 Å². The Morgan fingerprint density at radius 2 is 1.68 bits per heavy atom. The number of hydrogen-bond donors (Lipinski definition) is 0. The number of fused-ring (bicyclic) bond motifs is 6. The van der Waals surface area contributed by atoms with Crippen LogP contribution in [0.1, 0.15) is 5.69 Å². The van der Waals surface area contributed by atoms with Gasteiger partial charge in [-0.1, -0.05) is 48.5 Å². The minimum absolute atomic E-state index is 0.690. The predicted octanol–water partition coefficient (Wildman–Crippen LogP) is 5.04. The Hall–Kier alpha value is -3.53. The first-order valence-corrected chi connectivity index (χ1v) is 9.62. The van der Waals surface area contributed by atoms with Gasteiger partial charge in [-0.25, -0.2) is 0 Å². The molecule has 0 N–H and O–H groups in total. The molecule has 0 unspecified atom stereocenters. The van der Waals surface area contributed by atoms with Crippen LogP contribution >= 0.6 is 0 Å². The van der Waals surface area contributed by atoms with Crippen LogP contribution < -0.4 is 9.64 Å². The molecule has 0 spiro atoms. The number of rotatable bonds is 2. The highest BCUT2D eigenvalue weighted by Crippen LogP contribution is 2.38. The zero-order chi connectivity index (χ0) is 18.5. The second-order valence-electron chi connectivity index (χ2n) is 7.25. The van der Waals surface area contributed by atoms with E-state index >= 15 is 0 Å². The van der Waals surface area contributed by atoms with Crippen LogP contribution in [0.3, 0.4) is 0 Å². The summed E-state index contributed by atoms with van der Waals surface area (Å²) in [5, 5.41) is 2.40. The van der Waals surface area contributed by atoms with Crippen molar-refractivity contribution in [1.82, 2.24) is 9.38 Å². The average molecular weight is 365 g/mol. The van der Waals surface area contributed by atoms with Crippen molar-refractivity contribution in [2.45, 2.75) is 6.54 Å². The third-order valence-corrected chi connectivity index (χ3v) is 5.51. The van der Waals surface area contributed by atoms with Crippen LogP contribution in [-0.2, 0) is 6.54 Å². The van der Waals surface area contributed by atoms with E-state index in [1.54, 1.807) is 0 Å². The third-order valence-electron chi connectivity index (χ3n) is 5.51. The molecule has 136 valence electrons. The van der Waals surface area contributed by atoms with Gasteiger partial charge in [0.1, 0.15) is 6.61 Å². The summed E-state index contributed by atoms with van der Waals surface area (Å²) < 4.78 is 8.32.